The third kappa shape index (κ3) is 3.42. The van der Waals surface area contributed by atoms with Crippen molar-refractivity contribution in [3.8, 4) is 0 Å². The number of halogens is 1. The van der Waals surface area contributed by atoms with Crippen molar-refractivity contribution in [3.63, 3.8) is 0 Å². The van der Waals surface area contributed by atoms with Gasteiger partial charge in [0.1, 0.15) is 5.82 Å². The van der Waals surface area contributed by atoms with Gasteiger partial charge in [-0.3, -0.25) is 4.72 Å². The van der Waals surface area contributed by atoms with Crippen LogP contribution >= 0.6 is 11.9 Å². The quantitative estimate of drug-likeness (QED) is 0.639. The zero-order valence-corrected chi connectivity index (χ0v) is 15.3. The maximum Gasteiger partial charge on any atom is 0.327 e. The Bertz CT molecular complexity index is 952. The first-order valence-corrected chi connectivity index (χ1v) is 9.49. The highest BCUT2D eigenvalue weighted by Crippen LogP contribution is 2.28. The molecular formula is C20H20FN3OS. The van der Waals surface area contributed by atoms with Crippen LogP contribution in [0.25, 0.3) is 10.9 Å². The Morgan fingerprint density at radius 1 is 1.23 bits per heavy atom. The van der Waals surface area contributed by atoms with Crippen molar-refractivity contribution in [1.29, 1.82) is 0 Å². The number of H-pyrrole nitrogens is 1. The summed E-state index contributed by atoms with van der Waals surface area (Å²) in [6, 6.07) is 12.4. The molecule has 0 atom stereocenters. The van der Waals surface area contributed by atoms with Crippen molar-refractivity contribution < 1.29 is 9.18 Å². The molecule has 0 spiro atoms. The number of carbonyl (C=O) groups excluding carboxylic acids is 1. The molecule has 26 heavy (non-hydrogen) atoms. The van der Waals surface area contributed by atoms with Gasteiger partial charge >= 0.3 is 6.03 Å². The SMILES string of the molecule is Cc1ccc2[nH]c3c(c2c1)CN(C(=O)NSc1ccc(F)cc1)CCC3. The number of hydrogen-bond donors (Lipinski definition) is 2. The molecule has 0 unspecified atom stereocenters. The second-order valence-corrected chi connectivity index (χ2v) is 7.50. The van der Waals surface area contributed by atoms with E-state index in [1.54, 1.807) is 12.1 Å². The molecule has 6 heteroatoms. The summed E-state index contributed by atoms with van der Waals surface area (Å²) in [5.41, 5.74) is 4.78. The minimum absolute atomic E-state index is 0.117. The first kappa shape index (κ1) is 17.0. The van der Waals surface area contributed by atoms with E-state index in [1.807, 2.05) is 4.90 Å². The molecule has 1 aromatic heterocycles. The molecule has 1 aliphatic heterocycles. The number of nitrogens with zero attached hydrogens (tertiary/aromatic N) is 1. The van der Waals surface area contributed by atoms with Gasteiger partial charge in [-0.15, -0.1) is 0 Å². The van der Waals surface area contributed by atoms with Gasteiger partial charge < -0.3 is 9.88 Å². The van der Waals surface area contributed by atoms with Crippen molar-refractivity contribution in [2.75, 3.05) is 6.54 Å². The van der Waals surface area contributed by atoms with Gasteiger partial charge in [0.05, 0.1) is 0 Å². The predicted molar refractivity (Wildman–Crippen MR) is 103 cm³/mol. The van der Waals surface area contributed by atoms with Crippen LogP contribution in [0, 0.1) is 12.7 Å². The summed E-state index contributed by atoms with van der Waals surface area (Å²) in [5, 5.41) is 1.20. The lowest BCUT2D eigenvalue weighted by molar-refractivity contribution is 0.203. The molecule has 4 rings (SSSR count). The van der Waals surface area contributed by atoms with Crippen LogP contribution in [-0.4, -0.2) is 22.5 Å². The number of urea groups is 1. The molecule has 0 fully saturated rings. The monoisotopic (exact) mass is 369 g/mol. The van der Waals surface area contributed by atoms with Gasteiger partial charge in [-0.1, -0.05) is 11.6 Å². The maximum atomic E-state index is 13.0. The molecule has 0 saturated heterocycles. The minimum Gasteiger partial charge on any atom is -0.358 e. The van der Waals surface area contributed by atoms with E-state index in [9.17, 15) is 9.18 Å². The molecule has 2 aromatic carbocycles. The second-order valence-electron chi connectivity index (χ2n) is 6.62. The maximum absolute atomic E-state index is 13.0. The number of aromatic nitrogens is 1. The largest absolute Gasteiger partial charge is 0.358 e. The van der Waals surface area contributed by atoms with Crippen molar-refractivity contribution in [2.24, 2.45) is 0 Å². The summed E-state index contributed by atoms with van der Waals surface area (Å²) >= 11 is 1.21. The topological polar surface area (TPSA) is 48.1 Å². The van der Waals surface area contributed by atoms with E-state index in [4.69, 9.17) is 0 Å². The van der Waals surface area contributed by atoms with E-state index in [0.29, 0.717) is 13.1 Å². The summed E-state index contributed by atoms with van der Waals surface area (Å²) in [7, 11) is 0. The summed E-state index contributed by atoms with van der Waals surface area (Å²) in [6.07, 6.45) is 1.87. The van der Waals surface area contributed by atoms with Gasteiger partial charge in [-0.05, 0) is 68.1 Å². The smallest absolute Gasteiger partial charge is 0.327 e. The highest BCUT2D eigenvalue weighted by molar-refractivity contribution is 7.98. The standard InChI is InChI=1S/C20H20FN3OS/c1-13-4-9-19-16(11-13)17-12-24(10-2-3-18(17)22-19)20(25)23-26-15-7-5-14(21)6-8-15/h4-9,11,22H,2-3,10,12H2,1H3,(H,23,25). The highest BCUT2D eigenvalue weighted by Gasteiger charge is 2.22. The van der Waals surface area contributed by atoms with Crippen LogP contribution < -0.4 is 4.72 Å². The summed E-state index contributed by atoms with van der Waals surface area (Å²) < 4.78 is 15.8. The van der Waals surface area contributed by atoms with Crippen LogP contribution in [0.15, 0.2) is 47.4 Å². The average Bonchev–Trinajstić information content (AvgIpc) is 2.83. The third-order valence-electron chi connectivity index (χ3n) is 4.71. The van der Waals surface area contributed by atoms with Crippen molar-refractivity contribution in [3.05, 3.63) is 65.1 Å². The van der Waals surface area contributed by atoms with Crippen molar-refractivity contribution in [2.45, 2.75) is 31.2 Å². The van der Waals surface area contributed by atoms with E-state index in [-0.39, 0.29) is 11.8 Å². The number of hydrogen-bond acceptors (Lipinski definition) is 2. The number of fused-ring (bicyclic) bond motifs is 3. The highest BCUT2D eigenvalue weighted by atomic mass is 32.2. The lowest BCUT2D eigenvalue weighted by Crippen LogP contribution is -2.36. The van der Waals surface area contributed by atoms with Crippen LogP contribution in [0.4, 0.5) is 9.18 Å². The number of aromatic amines is 1. The zero-order chi connectivity index (χ0) is 18.1. The molecule has 4 nitrogen and oxygen atoms in total. The number of rotatable bonds is 2. The Kier molecular flexibility index (Phi) is 4.59. The number of carbonyl (C=O) groups is 1. The number of aryl methyl sites for hydroxylation is 2. The second kappa shape index (κ2) is 7.03. The van der Waals surface area contributed by atoms with Crippen LogP contribution in [-0.2, 0) is 13.0 Å². The Morgan fingerprint density at radius 2 is 2.04 bits per heavy atom. The fraction of sp³-hybridized carbons (Fsp3) is 0.250. The molecule has 2 N–H and O–H groups in total. The molecule has 134 valence electrons. The Hall–Kier alpha value is -2.47. The van der Waals surface area contributed by atoms with Crippen molar-refractivity contribution in [1.82, 2.24) is 14.6 Å². The molecule has 3 aromatic rings. The van der Waals surface area contributed by atoms with Crippen molar-refractivity contribution >= 4 is 28.9 Å². The summed E-state index contributed by atoms with van der Waals surface area (Å²) in [6.45, 7) is 3.39. The fourth-order valence-corrected chi connectivity index (χ4v) is 3.98. The molecule has 0 saturated carbocycles. The number of nitrogens with one attached hydrogen (secondary N) is 2. The van der Waals surface area contributed by atoms with E-state index in [0.717, 1.165) is 23.3 Å². The first-order chi connectivity index (χ1) is 12.6. The lowest BCUT2D eigenvalue weighted by atomic mass is 10.1. The molecule has 1 aliphatic rings. The molecule has 0 aliphatic carbocycles. The minimum atomic E-state index is -0.282. The van der Waals surface area contributed by atoms with Gasteiger partial charge in [0.2, 0.25) is 0 Å². The van der Waals surface area contributed by atoms with E-state index in [2.05, 4.69) is 34.8 Å². The molecule has 2 amide bonds. The Morgan fingerprint density at radius 3 is 2.85 bits per heavy atom. The Balaban J connectivity index is 1.51. The molecule has 0 radical (unpaired) electrons. The average molecular weight is 369 g/mol. The van der Waals surface area contributed by atoms with Crippen LogP contribution in [0.2, 0.25) is 0 Å². The van der Waals surface area contributed by atoms with Gasteiger partial charge in [-0.25, -0.2) is 9.18 Å². The zero-order valence-electron chi connectivity index (χ0n) is 14.5. The van der Waals surface area contributed by atoms with E-state index < -0.39 is 0 Å². The fourth-order valence-electron chi connectivity index (χ4n) is 3.37. The number of benzene rings is 2. The molecular weight excluding hydrogens is 349 g/mol. The lowest BCUT2D eigenvalue weighted by Gasteiger charge is -2.21. The van der Waals surface area contributed by atoms with Gasteiger partial charge in [0, 0.05) is 40.1 Å². The summed E-state index contributed by atoms with van der Waals surface area (Å²) in [5.74, 6) is -0.282. The van der Waals surface area contributed by atoms with Gasteiger partial charge in [0.25, 0.3) is 0 Å². The summed E-state index contributed by atoms with van der Waals surface area (Å²) in [4.78, 5) is 18.8. The third-order valence-corrected chi connectivity index (χ3v) is 5.50. The molecule has 2 heterocycles. The first-order valence-electron chi connectivity index (χ1n) is 8.67. The molecule has 0 bridgehead atoms. The Labute approximate surface area is 155 Å². The predicted octanol–water partition coefficient (Wildman–Crippen LogP) is 4.78. The normalized spacial score (nSPS) is 14.2. The van der Waals surface area contributed by atoms with Crippen LogP contribution in [0.5, 0.6) is 0 Å². The van der Waals surface area contributed by atoms with E-state index >= 15 is 0 Å². The van der Waals surface area contributed by atoms with Gasteiger partial charge in [0.15, 0.2) is 0 Å². The van der Waals surface area contributed by atoms with E-state index in [1.165, 1.54) is 46.3 Å². The van der Waals surface area contributed by atoms with Gasteiger partial charge in [-0.2, -0.15) is 0 Å². The number of amides is 2. The van der Waals surface area contributed by atoms with Crippen LogP contribution in [0.1, 0.15) is 23.2 Å². The van der Waals surface area contributed by atoms with Crippen LogP contribution in [0.3, 0.4) is 0 Å².